The largest absolute Gasteiger partial charge is 0.508 e. The number of hydrogen-bond acceptors (Lipinski definition) is 4. The van der Waals surface area contributed by atoms with Crippen molar-refractivity contribution in [3.63, 3.8) is 0 Å². The molecule has 1 saturated heterocycles. The van der Waals surface area contributed by atoms with Gasteiger partial charge in [0, 0.05) is 18.7 Å². The fourth-order valence-corrected chi connectivity index (χ4v) is 2.63. The average molecular weight is 301 g/mol. The van der Waals surface area contributed by atoms with Gasteiger partial charge in [-0.1, -0.05) is 18.2 Å². The highest BCUT2D eigenvalue weighted by Crippen LogP contribution is 2.22. The van der Waals surface area contributed by atoms with Gasteiger partial charge in [0.15, 0.2) is 0 Å². The number of rotatable bonds is 5. The molecule has 0 aliphatic carbocycles. The standard InChI is InChI=1S/C17H19NO4/c19-15-7-2-1-5-13(15)11-18(12-14-6-3-9-21-14)17(20)16-8-4-10-22-16/h1-3,5-7,9,16,19H,4,8,10-12H2. The number of para-hydroxylation sites is 1. The summed E-state index contributed by atoms with van der Waals surface area (Å²) in [7, 11) is 0. The minimum Gasteiger partial charge on any atom is -0.508 e. The van der Waals surface area contributed by atoms with Crippen LogP contribution in [0.2, 0.25) is 0 Å². The monoisotopic (exact) mass is 301 g/mol. The maximum Gasteiger partial charge on any atom is 0.252 e. The molecule has 1 unspecified atom stereocenters. The first-order valence-electron chi connectivity index (χ1n) is 7.43. The molecule has 1 N–H and O–H groups in total. The van der Waals surface area contributed by atoms with Crippen molar-refractivity contribution < 1.29 is 19.1 Å². The Morgan fingerprint density at radius 1 is 1.23 bits per heavy atom. The number of nitrogens with zero attached hydrogens (tertiary/aromatic N) is 1. The van der Waals surface area contributed by atoms with Crippen LogP contribution in [0, 0.1) is 0 Å². The first-order chi connectivity index (χ1) is 10.7. The molecule has 116 valence electrons. The highest BCUT2D eigenvalue weighted by Gasteiger charge is 2.29. The van der Waals surface area contributed by atoms with Crippen molar-refractivity contribution in [2.24, 2.45) is 0 Å². The van der Waals surface area contributed by atoms with Crippen LogP contribution in [0.5, 0.6) is 5.75 Å². The highest BCUT2D eigenvalue weighted by atomic mass is 16.5. The summed E-state index contributed by atoms with van der Waals surface area (Å²) in [6.45, 7) is 1.31. The van der Waals surface area contributed by atoms with Crippen molar-refractivity contribution in [2.75, 3.05) is 6.61 Å². The normalized spacial score (nSPS) is 17.5. The number of aromatic hydroxyl groups is 1. The van der Waals surface area contributed by atoms with Crippen LogP contribution in [0.1, 0.15) is 24.2 Å². The molecule has 1 amide bonds. The third-order valence-corrected chi connectivity index (χ3v) is 3.80. The third kappa shape index (κ3) is 3.31. The molecule has 22 heavy (non-hydrogen) atoms. The van der Waals surface area contributed by atoms with Gasteiger partial charge in [0.1, 0.15) is 17.6 Å². The number of amides is 1. The number of carbonyl (C=O) groups excluding carboxylic acids is 1. The molecule has 1 aliphatic heterocycles. The Balaban J connectivity index is 1.79. The number of ether oxygens (including phenoxy) is 1. The van der Waals surface area contributed by atoms with E-state index in [4.69, 9.17) is 9.15 Å². The molecule has 2 aromatic rings. The minimum atomic E-state index is -0.388. The van der Waals surface area contributed by atoms with E-state index in [1.165, 1.54) is 0 Å². The number of phenols is 1. The van der Waals surface area contributed by atoms with Crippen LogP contribution >= 0.6 is 0 Å². The maximum absolute atomic E-state index is 12.7. The first kappa shape index (κ1) is 14.7. The summed E-state index contributed by atoms with van der Waals surface area (Å²) in [6.07, 6.45) is 2.85. The van der Waals surface area contributed by atoms with Gasteiger partial charge in [-0.3, -0.25) is 4.79 Å². The van der Waals surface area contributed by atoms with Crippen LogP contribution in [-0.2, 0) is 22.6 Å². The molecule has 1 aliphatic rings. The first-order valence-corrected chi connectivity index (χ1v) is 7.43. The molecular weight excluding hydrogens is 282 g/mol. The Bertz CT molecular complexity index is 617. The Hall–Kier alpha value is -2.27. The van der Waals surface area contributed by atoms with E-state index in [1.54, 1.807) is 29.4 Å². The van der Waals surface area contributed by atoms with Crippen LogP contribution in [0.25, 0.3) is 0 Å². The average Bonchev–Trinajstić information content (AvgIpc) is 3.21. The fourth-order valence-electron chi connectivity index (χ4n) is 2.63. The van der Waals surface area contributed by atoms with Crippen LogP contribution in [0.3, 0.4) is 0 Å². The topological polar surface area (TPSA) is 62.9 Å². The number of benzene rings is 1. The predicted octanol–water partition coefficient (Wildman–Crippen LogP) is 2.69. The van der Waals surface area contributed by atoms with Gasteiger partial charge in [0.25, 0.3) is 5.91 Å². The predicted molar refractivity (Wildman–Crippen MR) is 80.0 cm³/mol. The van der Waals surface area contributed by atoms with Crippen molar-refractivity contribution in [3.8, 4) is 5.75 Å². The number of furan rings is 1. The van der Waals surface area contributed by atoms with Gasteiger partial charge in [-0.05, 0) is 31.0 Å². The van der Waals surface area contributed by atoms with Crippen molar-refractivity contribution in [2.45, 2.75) is 32.0 Å². The van der Waals surface area contributed by atoms with E-state index in [9.17, 15) is 9.90 Å². The molecule has 0 radical (unpaired) electrons. The number of carbonyl (C=O) groups is 1. The van der Waals surface area contributed by atoms with Gasteiger partial charge < -0.3 is 19.2 Å². The van der Waals surface area contributed by atoms with E-state index in [2.05, 4.69) is 0 Å². The van der Waals surface area contributed by atoms with Crippen molar-refractivity contribution in [1.29, 1.82) is 0 Å². The molecular formula is C17H19NO4. The second-order valence-corrected chi connectivity index (χ2v) is 5.40. The zero-order valence-electron chi connectivity index (χ0n) is 12.3. The molecule has 2 heterocycles. The lowest BCUT2D eigenvalue weighted by Gasteiger charge is -2.25. The summed E-state index contributed by atoms with van der Waals surface area (Å²) < 4.78 is 10.8. The summed E-state index contributed by atoms with van der Waals surface area (Å²) in [4.78, 5) is 14.3. The molecule has 5 heteroatoms. The van der Waals surface area contributed by atoms with E-state index in [0.717, 1.165) is 12.8 Å². The van der Waals surface area contributed by atoms with Gasteiger partial charge >= 0.3 is 0 Å². The van der Waals surface area contributed by atoms with Crippen LogP contribution < -0.4 is 0 Å². The zero-order valence-corrected chi connectivity index (χ0v) is 12.3. The lowest BCUT2D eigenvalue weighted by molar-refractivity contribution is -0.142. The molecule has 1 aromatic heterocycles. The summed E-state index contributed by atoms with van der Waals surface area (Å²) in [5.74, 6) is 0.839. The second kappa shape index (κ2) is 6.66. The smallest absolute Gasteiger partial charge is 0.252 e. The molecule has 3 rings (SSSR count). The van der Waals surface area contributed by atoms with Gasteiger partial charge in [-0.2, -0.15) is 0 Å². The minimum absolute atomic E-state index is 0.0582. The quantitative estimate of drug-likeness (QED) is 0.922. The lowest BCUT2D eigenvalue weighted by atomic mass is 10.1. The zero-order chi connectivity index (χ0) is 15.4. The third-order valence-electron chi connectivity index (χ3n) is 3.80. The lowest BCUT2D eigenvalue weighted by Crippen LogP contribution is -2.38. The summed E-state index contributed by atoms with van der Waals surface area (Å²) in [5.41, 5.74) is 0.709. The van der Waals surface area contributed by atoms with Gasteiger partial charge in [-0.25, -0.2) is 0 Å². The van der Waals surface area contributed by atoms with E-state index in [1.807, 2.05) is 18.2 Å². The second-order valence-electron chi connectivity index (χ2n) is 5.40. The molecule has 0 saturated carbocycles. The van der Waals surface area contributed by atoms with Crippen molar-refractivity contribution >= 4 is 5.91 Å². The molecule has 1 atom stereocenters. The summed E-state index contributed by atoms with van der Waals surface area (Å²) in [6, 6.07) is 10.7. The molecule has 1 aromatic carbocycles. The van der Waals surface area contributed by atoms with Crippen LogP contribution in [0.15, 0.2) is 47.1 Å². The Morgan fingerprint density at radius 2 is 2.09 bits per heavy atom. The SMILES string of the molecule is O=C(C1CCCO1)N(Cc1ccco1)Cc1ccccc1O. The Kier molecular flexibility index (Phi) is 4.44. The fraction of sp³-hybridized carbons (Fsp3) is 0.353. The van der Waals surface area contributed by atoms with E-state index in [0.29, 0.717) is 31.0 Å². The molecule has 5 nitrogen and oxygen atoms in total. The molecule has 1 fully saturated rings. The van der Waals surface area contributed by atoms with Crippen molar-refractivity contribution in [1.82, 2.24) is 4.90 Å². The van der Waals surface area contributed by atoms with E-state index in [-0.39, 0.29) is 17.8 Å². The summed E-state index contributed by atoms with van der Waals surface area (Å²) >= 11 is 0. The number of hydrogen-bond donors (Lipinski definition) is 1. The van der Waals surface area contributed by atoms with E-state index < -0.39 is 0 Å². The number of phenolic OH excluding ortho intramolecular Hbond substituents is 1. The summed E-state index contributed by atoms with van der Waals surface area (Å²) in [5, 5.41) is 9.94. The van der Waals surface area contributed by atoms with Crippen LogP contribution in [-0.4, -0.2) is 28.6 Å². The van der Waals surface area contributed by atoms with Crippen molar-refractivity contribution in [3.05, 3.63) is 54.0 Å². The van der Waals surface area contributed by atoms with Gasteiger partial charge in [0.2, 0.25) is 0 Å². The van der Waals surface area contributed by atoms with Gasteiger partial charge in [-0.15, -0.1) is 0 Å². The van der Waals surface area contributed by atoms with Gasteiger partial charge in [0.05, 0.1) is 12.8 Å². The molecule has 0 spiro atoms. The highest BCUT2D eigenvalue weighted by molar-refractivity contribution is 5.81. The van der Waals surface area contributed by atoms with E-state index >= 15 is 0 Å². The van der Waals surface area contributed by atoms with Crippen LogP contribution in [0.4, 0.5) is 0 Å². The molecule has 0 bridgehead atoms. The maximum atomic E-state index is 12.7. The Morgan fingerprint density at radius 3 is 2.77 bits per heavy atom. The Labute approximate surface area is 129 Å².